The molecule has 10 heteroatoms. The van der Waals surface area contributed by atoms with Crippen LogP contribution in [0.25, 0.3) is 0 Å². The lowest BCUT2D eigenvalue weighted by molar-refractivity contribution is -0.135. The number of carbonyl (C=O) groups excluding carboxylic acids is 5. The topological polar surface area (TPSA) is 126 Å². The van der Waals surface area contributed by atoms with E-state index in [2.05, 4.69) is 0 Å². The molecule has 0 unspecified atom stereocenters. The molecule has 34 heavy (non-hydrogen) atoms. The van der Waals surface area contributed by atoms with Crippen LogP contribution in [0, 0.1) is 0 Å². The Labute approximate surface area is 196 Å². The van der Waals surface area contributed by atoms with Gasteiger partial charge in [-0.3, -0.25) is 19.2 Å². The Kier molecular flexibility index (Phi) is 9.30. The first-order valence-electron chi connectivity index (χ1n) is 10.3. The van der Waals surface area contributed by atoms with Gasteiger partial charge in [-0.2, -0.15) is 0 Å². The standard InChI is InChI=1S/C24H25NO9/c1-5-25(13-18-9-7-6-8-10-18)22(29)14-31-24(30)19-11-20(32-15(2)26)23(34-17(4)28)21(12-19)33-16(3)27/h6-12H,5,13-14H2,1-4H3. The summed E-state index contributed by atoms with van der Waals surface area (Å²) in [6.45, 7) is 5.28. The third-order valence-corrected chi connectivity index (χ3v) is 4.29. The highest BCUT2D eigenvalue weighted by molar-refractivity contribution is 5.93. The molecule has 0 aliphatic heterocycles. The van der Waals surface area contributed by atoms with Gasteiger partial charge < -0.3 is 23.8 Å². The van der Waals surface area contributed by atoms with Crippen molar-refractivity contribution in [2.45, 2.75) is 34.2 Å². The predicted octanol–water partition coefficient (Wildman–Crippen LogP) is 2.67. The van der Waals surface area contributed by atoms with E-state index in [4.69, 9.17) is 18.9 Å². The van der Waals surface area contributed by atoms with Crippen LogP contribution in [-0.2, 0) is 30.5 Å². The summed E-state index contributed by atoms with van der Waals surface area (Å²) in [5.41, 5.74) is 0.726. The minimum absolute atomic E-state index is 0.192. The normalized spacial score (nSPS) is 10.1. The molecule has 1 amide bonds. The monoisotopic (exact) mass is 471 g/mol. The number of amides is 1. The maximum Gasteiger partial charge on any atom is 0.338 e. The molecule has 0 radical (unpaired) electrons. The fourth-order valence-electron chi connectivity index (χ4n) is 2.88. The van der Waals surface area contributed by atoms with Crippen molar-refractivity contribution >= 4 is 29.8 Å². The molecule has 0 saturated heterocycles. The maximum atomic E-state index is 12.6. The SMILES string of the molecule is CCN(Cc1ccccc1)C(=O)COC(=O)c1cc(OC(C)=O)c(OC(C)=O)c(OC(C)=O)c1. The first-order chi connectivity index (χ1) is 16.1. The molecule has 0 N–H and O–H groups in total. The van der Waals surface area contributed by atoms with Crippen molar-refractivity contribution in [3.8, 4) is 17.2 Å². The zero-order valence-corrected chi connectivity index (χ0v) is 19.3. The molecule has 10 nitrogen and oxygen atoms in total. The highest BCUT2D eigenvalue weighted by atomic mass is 16.6. The Balaban J connectivity index is 2.24. The molecule has 0 bridgehead atoms. The molecule has 2 rings (SSSR count). The molecule has 0 aliphatic carbocycles. The zero-order valence-electron chi connectivity index (χ0n) is 19.3. The summed E-state index contributed by atoms with van der Waals surface area (Å²) in [6, 6.07) is 11.5. The molecule has 0 aliphatic rings. The Hall–Kier alpha value is -4.21. The van der Waals surface area contributed by atoms with Crippen molar-refractivity contribution < 1.29 is 42.9 Å². The summed E-state index contributed by atoms with van der Waals surface area (Å²) >= 11 is 0. The molecule has 0 saturated carbocycles. The maximum absolute atomic E-state index is 12.6. The molecule has 2 aromatic carbocycles. The van der Waals surface area contributed by atoms with Gasteiger partial charge in [-0.1, -0.05) is 30.3 Å². The minimum atomic E-state index is -0.944. The summed E-state index contributed by atoms with van der Waals surface area (Å²) in [5, 5.41) is 0. The quantitative estimate of drug-likeness (QED) is 0.401. The summed E-state index contributed by atoms with van der Waals surface area (Å²) < 4.78 is 20.2. The Bertz CT molecular complexity index is 1040. The third-order valence-electron chi connectivity index (χ3n) is 4.29. The van der Waals surface area contributed by atoms with E-state index >= 15 is 0 Å². The molecule has 0 fully saturated rings. The Morgan fingerprint density at radius 2 is 1.32 bits per heavy atom. The predicted molar refractivity (Wildman–Crippen MR) is 118 cm³/mol. The highest BCUT2D eigenvalue weighted by Gasteiger charge is 2.24. The van der Waals surface area contributed by atoms with Gasteiger partial charge in [-0.15, -0.1) is 0 Å². The van der Waals surface area contributed by atoms with Gasteiger partial charge in [0.05, 0.1) is 5.56 Å². The van der Waals surface area contributed by atoms with Crippen LogP contribution in [0.4, 0.5) is 0 Å². The minimum Gasteiger partial charge on any atom is -0.452 e. The lowest BCUT2D eigenvalue weighted by atomic mass is 10.2. The highest BCUT2D eigenvalue weighted by Crippen LogP contribution is 2.39. The van der Waals surface area contributed by atoms with E-state index in [1.165, 1.54) is 4.90 Å². The van der Waals surface area contributed by atoms with E-state index in [0.29, 0.717) is 13.1 Å². The number of hydrogen-bond donors (Lipinski definition) is 0. The number of hydrogen-bond acceptors (Lipinski definition) is 9. The number of rotatable bonds is 9. The van der Waals surface area contributed by atoms with Crippen molar-refractivity contribution in [3.05, 3.63) is 53.6 Å². The van der Waals surface area contributed by atoms with Crippen LogP contribution in [0.1, 0.15) is 43.6 Å². The fourth-order valence-corrected chi connectivity index (χ4v) is 2.88. The molecular formula is C24H25NO9. The van der Waals surface area contributed by atoms with Crippen LogP contribution in [-0.4, -0.2) is 47.8 Å². The Morgan fingerprint density at radius 1 is 0.794 bits per heavy atom. The van der Waals surface area contributed by atoms with Gasteiger partial charge in [0.15, 0.2) is 18.1 Å². The number of likely N-dealkylation sites (N-methyl/N-ethyl adjacent to an activating group) is 1. The molecule has 180 valence electrons. The smallest absolute Gasteiger partial charge is 0.338 e. The van der Waals surface area contributed by atoms with Gasteiger partial charge in [0.2, 0.25) is 5.75 Å². The second-order valence-electron chi connectivity index (χ2n) is 7.05. The van der Waals surface area contributed by atoms with Gasteiger partial charge in [0.25, 0.3) is 5.91 Å². The van der Waals surface area contributed by atoms with Crippen molar-refractivity contribution in [3.63, 3.8) is 0 Å². The first-order valence-corrected chi connectivity index (χ1v) is 10.3. The number of nitrogens with zero attached hydrogens (tertiary/aromatic N) is 1. The van der Waals surface area contributed by atoms with E-state index in [0.717, 1.165) is 38.5 Å². The summed E-state index contributed by atoms with van der Waals surface area (Å²) in [7, 11) is 0. The van der Waals surface area contributed by atoms with E-state index in [9.17, 15) is 24.0 Å². The van der Waals surface area contributed by atoms with Gasteiger partial charge in [0, 0.05) is 33.9 Å². The van der Waals surface area contributed by atoms with Crippen molar-refractivity contribution in [1.82, 2.24) is 4.90 Å². The number of ether oxygens (including phenoxy) is 4. The number of benzene rings is 2. The summed E-state index contributed by atoms with van der Waals surface area (Å²) in [4.78, 5) is 61.2. The van der Waals surface area contributed by atoms with E-state index in [1.54, 1.807) is 6.92 Å². The largest absolute Gasteiger partial charge is 0.452 e. The fraction of sp³-hybridized carbons (Fsp3) is 0.292. The van der Waals surface area contributed by atoms with Gasteiger partial charge in [-0.25, -0.2) is 4.79 Å². The average molecular weight is 471 g/mol. The van der Waals surface area contributed by atoms with E-state index in [1.807, 2.05) is 30.3 Å². The zero-order chi connectivity index (χ0) is 25.3. The van der Waals surface area contributed by atoms with Gasteiger partial charge in [0.1, 0.15) is 0 Å². The molecule has 0 heterocycles. The average Bonchev–Trinajstić information content (AvgIpc) is 2.77. The third kappa shape index (κ3) is 7.73. The second kappa shape index (κ2) is 12.1. The van der Waals surface area contributed by atoms with Crippen molar-refractivity contribution in [1.29, 1.82) is 0 Å². The Morgan fingerprint density at radius 3 is 1.79 bits per heavy atom. The van der Waals surface area contributed by atoms with Crippen LogP contribution in [0.2, 0.25) is 0 Å². The van der Waals surface area contributed by atoms with E-state index < -0.39 is 36.4 Å². The molecule has 2 aromatic rings. The van der Waals surface area contributed by atoms with Crippen LogP contribution in [0.15, 0.2) is 42.5 Å². The molecule has 0 atom stereocenters. The van der Waals surface area contributed by atoms with Crippen LogP contribution >= 0.6 is 0 Å². The first kappa shape index (κ1) is 26.0. The van der Waals surface area contributed by atoms with Crippen LogP contribution in [0.3, 0.4) is 0 Å². The summed E-state index contributed by atoms with van der Waals surface area (Å²) in [6.07, 6.45) is 0. The molecule has 0 spiro atoms. The van der Waals surface area contributed by atoms with E-state index in [-0.39, 0.29) is 22.8 Å². The van der Waals surface area contributed by atoms with Crippen LogP contribution < -0.4 is 14.2 Å². The van der Waals surface area contributed by atoms with Crippen molar-refractivity contribution in [2.24, 2.45) is 0 Å². The molecule has 0 aromatic heterocycles. The van der Waals surface area contributed by atoms with Crippen molar-refractivity contribution in [2.75, 3.05) is 13.2 Å². The van der Waals surface area contributed by atoms with Crippen LogP contribution in [0.5, 0.6) is 17.2 Å². The molecular weight excluding hydrogens is 446 g/mol. The summed E-state index contributed by atoms with van der Waals surface area (Å²) in [5.74, 6) is -4.72. The van der Waals surface area contributed by atoms with Gasteiger partial charge >= 0.3 is 23.9 Å². The second-order valence-corrected chi connectivity index (χ2v) is 7.05. The lowest BCUT2D eigenvalue weighted by Gasteiger charge is -2.21. The number of carbonyl (C=O) groups is 5. The lowest BCUT2D eigenvalue weighted by Crippen LogP contribution is -2.34. The van der Waals surface area contributed by atoms with Gasteiger partial charge in [-0.05, 0) is 24.6 Å². The number of esters is 4.